The zero-order chi connectivity index (χ0) is 14.4. The van der Waals surface area contributed by atoms with Crippen LogP contribution < -0.4 is 0 Å². The van der Waals surface area contributed by atoms with E-state index in [0.717, 1.165) is 32.4 Å². The van der Waals surface area contributed by atoms with Crippen LogP contribution in [-0.2, 0) is 11.2 Å². The summed E-state index contributed by atoms with van der Waals surface area (Å²) in [5.41, 5.74) is 4.15. The smallest absolute Gasteiger partial charge is 0.124 e. The van der Waals surface area contributed by atoms with Crippen molar-refractivity contribution in [1.82, 2.24) is 9.88 Å². The van der Waals surface area contributed by atoms with Crippen molar-refractivity contribution in [2.24, 2.45) is 5.92 Å². The van der Waals surface area contributed by atoms with Crippen molar-refractivity contribution in [1.29, 1.82) is 0 Å². The molecular formula is C18H22N2O. The lowest BCUT2D eigenvalue weighted by Crippen LogP contribution is -2.50. The second kappa shape index (κ2) is 4.99. The number of aromatic nitrogens is 1. The number of H-pyrrole nitrogens is 1. The summed E-state index contributed by atoms with van der Waals surface area (Å²) in [7, 11) is 0. The first-order valence-corrected chi connectivity index (χ1v) is 8.10. The SMILES string of the molecule is CCCN1C[C@H](C=O)CC2c3cccc4[nH]cc(c34)C[C@H]21. The van der Waals surface area contributed by atoms with Crippen LogP contribution in [0.5, 0.6) is 0 Å². The van der Waals surface area contributed by atoms with Gasteiger partial charge in [-0.2, -0.15) is 0 Å². The van der Waals surface area contributed by atoms with Crippen LogP contribution in [0.2, 0.25) is 0 Å². The number of hydrogen-bond donors (Lipinski definition) is 1. The number of carbonyl (C=O) groups is 1. The fourth-order valence-corrected chi connectivity index (χ4v) is 4.48. The van der Waals surface area contributed by atoms with Gasteiger partial charge in [-0.3, -0.25) is 4.90 Å². The number of carbonyl (C=O) groups excluding carboxylic acids is 1. The molecule has 4 rings (SSSR count). The Bertz CT molecular complexity index is 675. The fourth-order valence-electron chi connectivity index (χ4n) is 4.48. The molecule has 21 heavy (non-hydrogen) atoms. The lowest BCUT2D eigenvalue weighted by atomic mass is 9.72. The van der Waals surface area contributed by atoms with Gasteiger partial charge in [0.05, 0.1) is 0 Å². The molecule has 2 aliphatic rings. The highest BCUT2D eigenvalue weighted by molar-refractivity contribution is 5.88. The normalized spacial score (nSPS) is 28.5. The second-order valence-electron chi connectivity index (χ2n) is 6.59. The highest BCUT2D eigenvalue weighted by Gasteiger charge is 2.40. The van der Waals surface area contributed by atoms with Gasteiger partial charge in [0.25, 0.3) is 0 Å². The molecule has 0 saturated carbocycles. The molecule has 0 spiro atoms. The molecular weight excluding hydrogens is 260 g/mol. The Labute approximate surface area is 125 Å². The van der Waals surface area contributed by atoms with Crippen LogP contribution in [0.1, 0.15) is 36.8 Å². The van der Waals surface area contributed by atoms with Crippen molar-refractivity contribution in [3.63, 3.8) is 0 Å². The Kier molecular flexibility index (Phi) is 3.11. The first-order chi connectivity index (χ1) is 10.3. The largest absolute Gasteiger partial charge is 0.361 e. The van der Waals surface area contributed by atoms with E-state index in [-0.39, 0.29) is 5.92 Å². The fraction of sp³-hybridized carbons (Fsp3) is 0.500. The molecule has 3 heteroatoms. The van der Waals surface area contributed by atoms with E-state index in [2.05, 4.69) is 41.2 Å². The predicted molar refractivity (Wildman–Crippen MR) is 84.6 cm³/mol. The quantitative estimate of drug-likeness (QED) is 0.878. The Hall–Kier alpha value is -1.61. The molecule has 1 aliphatic carbocycles. The molecule has 3 atom stereocenters. The minimum absolute atomic E-state index is 0.188. The van der Waals surface area contributed by atoms with Crippen molar-refractivity contribution >= 4 is 17.2 Å². The number of likely N-dealkylation sites (tertiary alicyclic amines) is 1. The van der Waals surface area contributed by atoms with Crippen LogP contribution in [0.4, 0.5) is 0 Å². The summed E-state index contributed by atoms with van der Waals surface area (Å²) < 4.78 is 0. The maximum atomic E-state index is 11.4. The van der Waals surface area contributed by atoms with Crippen LogP contribution in [0.3, 0.4) is 0 Å². The Morgan fingerprint density at radius 2 is 2.33 bits per heavy atom. The zero-order valence-corrected chi connectivity index (χ0v) is 12.5. The number of aromatic amines is 1. The number of fused-ring (bicyclic) bond motifs is 2. The van der Waals surface area contributed by atoms with Crippen molar-refractivity contribution in [3.05, 3.63) is 35.5 Å². The number of nitrogens with zero attached hydrogens (tertiary/aromatic N) is 1. The molecule has 2 heterocycles. The molecule has 1 N–H and O–H groups in total. The molecule has 1 unspecified atom stereocenters. The Morgan fingerprint density at radius 3 is 3.14 bits per heavy atom. The van der Waals surface area contributed by atoms with Gasteiger partial charge in [0, 0.05) is 41.5 Å². The molecule has 1 aliphatic heterocycles. The van der Waals surface area contributed by atoms with Crippen molar-refractivity contribution in [2.45, 2.75) is 38.1 Å². The highest BCUT2D eigenvalue weighted by Crippen LogP contribution is 2.44. The minimum Gasteiger partial charge on any atom is -0.361 e. The summed E-state index contributed by atoms with van der Waals surface area (Å²) in [5.74, 6) is 0.695. The summed E-state index contributed by atoms with van der Waals surface area (Å²) in [6, 6.07) is 7.14. The highest BCUT2D eigenvalue weighted by atomic mass is 16.1. The summed E-state index contributed by atoms with van der Waals surface area (Å²) in [6.07, 6.45) is 6.64. The molecule has 2 aromatic rings. The molecule has 3 nitrogen and oxygen atoms in total. The van der Waals surface area contributed by atoms with Crippen LogP contribution in [0.15, 0.2) is 24.4 Å². The van der Waals surface area contributed by atoms with Gasteiger partial charge >= 0.3 is 0 Å². The van der Waals surface area contributed by atoms with E-state index in [1.165, 1.54) is 28.3 Å². The zero-order valence-electron chi connectivity index (χ0n) is 12.5. The summed E-state index contributed by atoms with van der Waals surface area (Å²) >= 11 is 0. The van der Waals surface area contributed by atoms with Crippen LogP contribution in [0, 0.1) is 5.92 Å². The van der Waals surface area contributed by atoms with E-state index >= 15 is 0 Å². The summed E-state index contributed by atoms with van der Waals surface area (Å²) in [6.45, 7) is 4.26. The topological polar surface area (TPSA) is 36.1 Å². The molecule has 0 amide bonds. The van der Waals surface area contributed by atoms with Gasteiger partial charge in [-0.15, -0.1) is 0 Å². The number of aldehydes is 1. The maximum Gasteiger partial charge on any atom is 0.124 e. The van der Waals surface area contributed by atoms with E-state index in [1.54, 1.807) is 0 Å². The van der Waals surface area contributed by atoms with Gasteiger partial charge in [0.2, 0.25) is 0 Å². The van der Waals surface area contributed by atoms with Gasteiger partial charge in [-0.25, -0.2) is 0 Å². The van der Waals surface area contributed by atoms with Gasteiger partial charge < -0.3 is 9.78 Å². The van der Waals surface area contributed by atoms with Gasteiger partial charge in [0.15, 0.2) is 0 Å². The monoisotopic (exact) mass is 282 g/mol. The van der Waals surface area contributed by atoms with E-state index in [4.69, 9.17) is 0 Å². The lowest BCUT2D eigenvalue weighted by molar-refractivity contribution is -0.113. The molecule has 0 bridgehead atoms. The number of rotatable bonds is 3. The summed E-state index contributed by atoms with van der Waals surface area (Å²) in [4.78, 5) is 17.4. The Balaban J connectivity index is 1.81. The minimum atomic E-state index is 0.188. The van der Waals surface area contributed by atoms with Crippen molar-refractivity contribution in [3.8, 4) is 0 Å². The Morgan fingerprint density at radius 1 is 1.43 bits per heavy atom. The van der Waals surface area contributed by atoms with Crippen LogP contribution in [0.25, 0.3) is 10.9 Å². The molecule has 110 valence electrons. The van der Waals surface area contributed by atoms with Gasteiger partial charge in [-0.05, 0) is 43.0 Å². The average molecular weight is 282 g/mol. The number of nitrogens with one attached hydrogen (secondary N) is 1. The van der Waals surface area contributed by atoms with E-state index < -0.39 is 0 Å². The van der Waals surface area contributed by atoms with E-state index in [0.29, 0.717) is 12.0 Å². The molecule has 1 saturated heterocycles. The predicted octanol–water partition coefficient (Wildman–Crippen LogP) is 3.11. The third-order valence-electron chi connectivity index (χ3n) is 5.31. The summed E-state index contributed by atoms with van der Waals surface area (Å²) in [5, 5.41) is 1.42. The lowest BCUT2D eigenvalue weighted by Gasteiger charge is -2.46. The number of piperidine rings is 1. The molecule has 1 aromatic carbocycles. The van der Waals surface area contributed by atoms with Crippen molar-refractivity contribution in [2.75, 3.05) is 13.1 Å². The third kappa shape index (κ3) is 1.95. The average Bonchev–Trinajstić information content (AvgIpc) is 2.93. The first kappa shape index (κ1) is 13.1. The van der Waals surface area contributed by atoms with Crippen molar-refractivity contribution < 1.29 is 4.79 Å². The molecule has 1 aromatic heterocycles. The number of hydrogen-bond acceptors (Lipinski definition) is 2. The van der Waals surface area contributed by atoms with E-state index in [9.17, 15) is 4.79 Å². The van der Waals surface area contributed by atoms with Gasteiger partial charge in [0.1, 0.15) is 6.29 Å². The van der Waals surface area contributed by atoms with Crippen LogP contribution in [-0.4, -0.2) is 35.3 Å². The van der Waals surface area contributed by atoms with Gasteiger partial charge in [-0.1, -0.05) is 19.1 Å². The van der Waals surface area contributed by atoms with Crippen LogP contribution >= 0.6 is 0 Å². The third-order valence-corrected chi connectivity index (χ3v) is 5.31. The second-order valence-corrected chi connectivity index (χ2v) is 6.59. The molecule has 0 radical (unpaired) electrons. The number of benzene rings is 1. The molecule has 1 fully saturated rings. The maximum absolute atomic E-state index is 11.4. The standard InChI is InChI=1S/C18H22N2O/c1-2-6-20-10-12(11-21)7-15-14-4-3-5-16-18(14)13(9-19-16)8-17(15)20/h3-5,9,11-12,15,17,19H,2,6-8,10H2,1H3/t12-,15?,17-/m1/s1. The first-order valence-electron chi connectivity index (χ1n) is 8.10. The van der Waals surface area contributed by atoms with E-state index in [1.807, 2.05) is 0 Å².